The van der Waals surface area contributed by atoms with Gasteiger partial charge in [-0.15, -0.1) is 0 Å². The molecule has 33 heavy (non-hydrogen) atoms. The largest absolute Gasteiger partial charge is 0.480 e. The van der Waals surface area contributed by atoms with E-state index in [2.05, 4.69) is 25.9 Å². The molecule has 12 nitrogen and oxygen atoms in total. The van der Waals surface area contributed by atoms with Crippen LogP contribution in [0.15, 0.2) is 12.5 Å². The van der Waals surface area contributed by atoms with E-state index in [1.165, 1.54) is 12.5 Å². The zero-order valence-corrected chi connectivity index (χ0v) is 19.5. The van der Waals surface area contributed by atoms with Crippen molar-refractivity contribution in [2.45, 2.75) is 71.1 Å². The van der Waals surface area contributed by atoms with Crippen LogP contribution in [0.1, 0.15) is 46.2 Å². The van der Waals surface area contributed by atoms with Crippen LogP contribution in [0, 0.1) is 11.8 Å². The Hall–Kier alpha value is -2.99. The molecule has 0 saturated heterocycles. The highest BCUT2D eigenvalue weighted by Crippen LogP contribution is 2.10. The Labute approximate surface area is 193 Å². The molecule has 1 aromatic rings. The predicted molar refractivity (Wildman–Crippen MR) is 120 cm³/mol. The first-order chi connectivity index (χ1) is 15.4. The van der Waals surface area contributed by atoms with Crippen molar-refractivity contribution in [2.75, 3.05) is 6.61 Å². The molecule has 1 aromatic heterocycles. The van der Waals surface area contributed by atoms with E-state index in [9.17, 15) is 24.3 Å². The molecule has 8 N–H and O–H groups in total. The fourth-order valence-electron chi connectivity index (χ4n) is 3.13. The zero-order valence-electron chi connectivity index (χ0n) is 19.5. The number of hydrogen-bond donors (Lipinski definition) is 7. The molecule has 0 aromatic carbocycles. The van der Waals surface area contributed by atoms with Crippen LogP contribution in [-0.4, -0.2) is 74.6 Å². The predicted octanol–water partition coefficient (Wildman–Crippen LogP) is -1.10. The summed E-state index contributed by atoms with van der Waals surface area (Å²) >= 11 is 0. The molecule has 3 amide bonds. The molecule has 4 atom stereocenters. The maximum atomic E-state index is 13.0. The van der Waals surface area contributed by atoms with E-state index in [1.807, 2.05) is 27.7 Å². The number of carbonyl (C=O) groups is 4. The Morgan fingerprint density at radius 3 is 1.94 bits per heavy atom. The van der Waals surface area contributed by atoms with E-state index in [0.29, 0.717) is 5.69 Å². The van der Waals surface area contributed by atoms with Gasteiger partial charge in [0.15, 0.2) is 0 Å². The maximum absolute atomic E-state index is 13.0. The molecule has 0 aliphatic carbocycles. The highest BCUT2D eigenvalue weighted by atomic mass is 16.4. The smallest absolute Gasteiger partial charge is 0.326 e. The van der Waals surface area contributed by atoms with Gasteiger partial charge in [-0.2, -0.15) is 0 Å². The average molecular weight is 469 g/mol. The van der Waals surface area contributed by atoms with Crippen LogP contribution in [0.5, 0.6) is 0 Å². The summed E-state index contributed by atoms with van der Waals surface area (Å²) < 4.78 is 0. The molecule has 4 unspecified atom stereocenters. The number of rotatable bonds is 14. The maximum Gasteiger partial charge on any atom is 0.326 e. The summed E-state index contributed by atoms with van der Waals surface area (Å²) in [4.78, 5) is 56.4. The van der Waals surface area contributed by atoms with Gasteiger partial charge in [-0.05, 0) is 24.7 Å². The van der Waals surface area contributed by atoms with Crippen LogP contribution in [0.25, 0.3) is 0 Å². The van der Waals surface area contributed by atoms with Crippen molar-refractivity contribution in [1.29, 1.82) is 0 Å². The Morgan fingerprint density at radius 1 is 0.939 bits per heavy atom. The van der Waals surface area contributed by atoms with Gasteiger partial charge in [-0.1, -0.05) is 27.7 Å². The van der Waals surface area contributed by atoms with Gasteiger partial charge in [0.2, 0.25) is 17.7 Å². The number of nitrogens with two attached hydrogens (primary N) is 1. The zero-order chi connectivity index (χ0) is 25.1. The first-order valence-corrected chi connectivity index (χ1v) is 10.9. The molecule has 0 saturated carbocycles. The van der Waals surface area contributed by atoms with E-state index < -0.39 is 54.5 Å². The monoisotopic (exact) mass is 468 g/mol. The fraction of sp³-hybridized carbons (Fsp3) is 0.667. The van der Waals surface area contributed by atoms with E-state index in [4.69, 9.17) is 10.8 Å². The molecule has 0 spiro atoms. The van der Waals surface area contributed by atoms with E-state index in [0.717, 1.165) is 0 Å². The summed E-state index contributed by atoms with van der Waals surface area (Å²) in [6, 6.07) is -4.43. The van der Waals surface area contributed by atoms with E-state index >= 15 is 0 Å². The van der Waals surface area contributed by atoms with Gasteiger partial charge in [0, 0.05) is 18.3 Å². The summed E-state index contributed by atoms with van der Waals surface area (Å²) in [5.41, 5.74) is 6.10. The van der Waals surface area contributed by atoms with Gasteiger partial charge < -0.3 is 36.9 Å². The number of aromatic nitrogens is 2. The third-order valence-electron chi connectivity index (χ3n) is 4.81. The Bertz CT molecular complexity index is 782. The topological polar surface area (TPSA) is 200 Å². The number of H-pyrrole nitrogens is 1. The number of carboxylic acids is 1. The molecule has 0 fully saturated rings. The molecule has 0 bridgehead atoms. The Balaban J connectivity index is 3.02. The van der Waals surface area contributed by atoms with Gasteiger partial charge in [0.25, 0.3) is 0 Å². The van der Waals surface area contributed by atoms with Crippen molar-refractivity contribution < 1.29 is 29.4 Å². The second kappa shape index (κ2) is 13.5. The number of hydrogen-bond acceptors (Lipinski definition) is 7. The van der Waals surface area contributed by atoms with Gasteiger partial charge in [0.1, 0.15) is 24.2 Å². The highest BCUT2D eigenvalue weighted by Gasteiger charge is 2.31. The van der Waals surface area contributed by atoms with Crippen molar-refractivity contribution in [3.63, 3.8) is 0 Å². The first-order valence-electron chi connectivity index (χ1n) is 10.9. The number of aliphatic hydroxyl groups excluding tert-OH is 1. The molecule has 1 heterocycles. The summed E-state index contributed by atoms with van der Waals surface area (Å²) in [6.45, 7) is 6.80. The van der Waals surface area contributed by atoms with Gasteiger partial charge in [-0.25, -0.2) is 9.78 Å². The number of carbonyl (C=O) groups excluding carboxylic acids is 3. The second-order valence-corrected chi connectivity index (χ2v) is 8.85. The first kappa shape index (κ1) is 28.0. The number of nitrogens with zero attached hydrogens (tertiary/aromatic N) is 1. The Morgan fingerprint density at radius 2 is 1.45 bits per heavy atom. The van der Waals surface area contributed by atoms with Crippen LogP contribution < -0.4 is 21.7 Å². The molecule has 12 heteroatoms. The number of carboxylic acid groups (broad SMARTS) is 1. The minimum atomic E-state index is -1.22. The molecule has 0 aliphatic rings. The number of nitrogens with one attached hydrogen (secondary N) is 4. The molecule has 0 aliphatic heterocycles. The minimum Gasteiger partial charge on any atom is -0.480 e. The normalized spacial score (nSPS) is 14.9. The number of amides is 3. The molecular formula is C21H36N6O6. The summed E-state index contributed by atoms with van der Waals surface area (Å²) in [7, 11) is 0. The standard InChI is InChI=1S/C21H36N6O6/c1-11(2)5-15(19(30)27-17(21(32)33)6-12(3)4)26-20(31)16(7-13-8-23-10-24-13)25-18(29)14(22)9-28/h8,10-12,14-17,28H,5-7,9,22H2,1-4H3,(H,23,24)(H,25,29)(H,26,31)(H,27,30)(H,32,33). The van der Waals surface area contributed by atoms with Crippen molar-refractivity contribution in [3.05, 3.63) is 18.2 Å². The molecule has 1 rings (SSSR count). The highest BCUT2D eigenvalue weighted by molar-refractivity contribution is 5.94. The quantitative estimate of drug-likeness (QED) is 0.178. The van der Waals surface area contributed by atoms with Gasteiger partial charge in [-0.3, -0.25) is 14.4 Å². The minimum absolute atomic E-state index is 0.0119. The third-order valence-corrected chi connectivity index (χ3v) is 4.81. The number of aliphatic carboxylic acids is 1. The lowest BCUT2D eigenvalue weighted by Crippen LogP contribution is -2.58. The SMILES string of the molecule is CC(C)CC(NC(=O)C(CC(C)C)NC(=O)C(Cc1cnc[nH]1)NC(=O)C(N)CO)C(=O)O. The lowest BCUT2D eigenvalue weighted by atomic mass is 10.00. The van der Waals surface area contributed by atoms with Crippen LogP contribution in [0.3, 0.4) is 0 Å². The van der Waals surface area contributed by atoms with E-state index in [1.54, 1.807) is 0 Å². The van der Waals surface area contributed by atoms with Crippen molar-refractivity contribution >= 4 is 23.7 Å². The number of imidazole rings is 1. The second-order valence-electron chi connectivity index (χ2n) is 8.85. The fourth-order valence-corrected chi connectivity index (χ4v) is 3.13. The Kier molecular flexibility index (Phi) is 11.5. The van der Waals surface area contributed by atoms with Crippen molar-refractivity contribution in [2.24, 2.45) is 17.6 Å². The van der Waals surface area contributed by atoms with Crippen LogP contribution in [0.2, 0.25) is 0 Å². The van der Waals surface area contributed by atoms with Crippen molar-refractivity contribution in [3.8, 4) is 0 Å². The summed E-state index contributed by atoms with van der Waals surface area (Å²) in [6.07, 6.45) is 3.44. The summed E-state index contributed by atoms with van der Waals surface area (Å²) in [5.74, 6) is -3.12. The molecule has 186 valence electrons. The third kappa shape index (κ3) is 10.00. The lowest BCUT2D eigenvalue weighted by Gasteiger charge is -2.26. The van der Waals surface area contributed by atoms with Gasteiger partial charge >= 0.3 is 5.97 Å². The number of aromatic amines is 1. The van der Waals surface area contributed by atoms with Gasteiger partial charge in [0.05, 0.1) is 12.9 Å². The van der Waals surface area contributed by atoms with E-state index in [-0.39, 0.29) is 31.1 Å². The van der Waals surface area contributed by atoms with Crippen LogP contribution in [-0.2, 0) is 25.6 Å². The van der Waals surface area contributed by atoms with Crippen LogP contribution in [0.4, 0.5) is 0 Å². The number of aliphatic hydroxyl groups is 1. The molecule has 0 radical (unpaired) electrons. The van der Waals surface area contributed by atoms with Crippen LogP contribution >= 0.6 is 0 Å². The molecular weight excluding hydrogens is 432 g/mol. The van der Waals surface area contributed by atoms with Crippen molar-refractivity contribution in [1.82, 2.24) is 25.9 Å². The lowest BCUT2D eigenvalue weighted by molar-refractivity contribution is -0.143. The average Bonchev–Trinajstić information content (AvgIpc) is 3.23. The summed E-state index contributed by atoms with van der Waals surface area (Å²) in [5, 5.41) is 26.2.